The third kappa shape index (κ3) is 4.89. The Balaban J connectivity index is 1.92. The molecule has 2 N–H and O–H groups in total. The van der Waals surface area contributed by atoms with Crippen LogP contribution in [-0.2, 0) is 16.1 Å². The monoisotopic (exact) mass is 359 g/mol. The van der Waals surface area contributed by atoms with Crippen molar-refractivity contribution in [1.82, 2.24) is 5.32 Å². The van der Waals surface area contributed by atoms with Crippen molar-refractivity contribution >= 4 is 11.9 Å². The average Bonchev–Trinajstić information content (AvgIpc) is 2.66. The summed E-state index contributed by atoms with van der Waals surface area (Å²) in [6.07, 6.45) is -1.02. The number of hydrogen-bond acceptors (Lipinski definition) is 6. The van der Waals surface area contributed by atoms with Crippen LogP contribution in [0.1, 0.15) is 22.8 Å². The molecular formula is C19H21NO6. The van der Waals surface area contributed by atoms with E-state index in [1.807, 2.05) is 12.1 Å². The van der Waals surface area contributed by atoms with E-state index in [9.17, 15) is 14.7 Å². The lowest BCUT2D eigenvalue weighted by molar-refractivity contribution is -0.129. The largest absolute Gasteiger partial charge is 0.507 e. The number of methoxy groups -OCH3 is 2. The second-order valence-corrected chi connectivity index (χ2v) is 5.50. The van der Waals surface area contributed by atoms with E-state index in [1.54, 1.807) is 19.2 Å². The van der Waals surface area contributed by atoms with Crippen LogP contribution in [0.15, 0.2) is 42.5 Å². The molecule has 2 aromatic carbocycles. The van der Waals surface area contributed by atoms with Gasteiger partial charge < -0.3 is 24.6 Å². The SMILES string of the molecule is COc1ccc(CNC(=O)C(C)OC(=O)c2cc(OC)ccc2O)cc1. The number of esters is 1. The molecule has 0 heterocycles. The Labute approximate surface area is 151 Å². The number of hydrogen-bond donors (Lipinski definition) is 2. The zero-order valence-corrected chi connectivity index (χ0v) is 14.8. The third-order valence-electron chi connectivity index (χ3n) is 3.70. The lowest BCUT2D eigenvalue weighted by atomic mass is 10.2. The van der Waals surface area contributed by atoms with Gasteiger partial charge in [0, 0.05) is 6.54 Å². The number of amides is 1. The van der Waals surface area contributed by atoms with Crippen molar-refractivity contribution in [2.24, 2.45) is 0 Å². The van der Waals surface area contributed by atoms with Gasteiger partial charge in [-0.1, -0.05) is 12.1 Å². The minimum atomic E-state index is -1.02. The maximum Gasteiger partial charge on any atom is 0.342 e. The number of phenols is 1. The van der Waals surface area contributed by atoms with Crippen molar-refractivity contribution in [2.75, 3.05) is 14.2 Å². The highest BCUT2D eigenvalue weighted by Crippen LogP contribution is 2.24. The Morgan fingerprint density at radius 3 is 2.27 bits per heavy atom. The number of aromatic hydroxyl groups is 1. The molecular weight excluding hydrogens is 338 g/mol. The highest BCUT2D eigenvalue weighted by Gasteiger charge is 2.21. The summed E-state index contributed by atoms with van der Waals surface area (Å²) in [7, 11) is 3.02. The molecule has 0 saturated heterocycles. The van der Waals surface area contributed by atoms with Crippen molar-refractivity contribution in [3.8, 4) is 17.2 Å². The zero-order valence-electron chi connectivity index (χ0n) is 14.8. The topological polar surface area (TPSA) is 94.1 Å². The van der Waals surface area contributed by atoms with Crippen molar-refractivity contribution in [1.29, 1.82) is 0 Å². The lowest BCUT2D eigenvalue weighted by Crippen LogP contribution is -2.35. The number of phenolic OH excluding ortho intramolecular Hbond substituents is 1. The normalized spacial score (nSPS) is 11.3. The molecule has 0 aliphatic carbocycles. The van der Waals surface area contributed by atoms with E-state index >= 15 is 0 Å². The maximum atomic E-state index is 12.2. The number of rotatable bonds is 7. The summed E-state index contributed by atoms with van der Waals surface area (Å²) < 4.78 is 15.2. The van der Waals surface area contributed by atoms with E-state index in [0.717, 1.165) is 11.3 Å². The molecule has 7 nitrogen and oxygen atoms in total. The quantitative estimate of drug-likeness (QED) is 0.737. The predicted molar refractivity (Wildman–Crippen MR) is 94.4 cm³/mol. The van der Waals surface area contributed by atoms with Crippen LogP contribution in [0.2, 0.25) is 0 Å². The number of carbonyl (C=O) groups is 2. The molecule has 26 heavy (non-hydrogen) atoms. The summed E-state index contributed by atoms with van der Waals surface area (Å²) >= 11 is 0. The second kappa shape index (κ2) is 8.75. The Kier molecular flexibility index (Phi) is 6.43. The van der Waals surface area contributed by atoms with Crippen LogP contribution < -0.4 is 14.8 Å². The van der Waals surface area contributed by atoms with Crippen LogP contribution in [0.5, 0.6) is 17.2 Å². The molecule has 2 aromatic rings. The fraction of sp³-hybridized carbons (Fsp3) is 0.263. The first kappa shape index (κ1) is 19.1. The van der Waals surface area contributed by atoms with Crippen molar-refractivity contribution in [3.05, 3.63) is 53.6 Å². The predicted octanol–water partition coefficient (Wildman–Crippen LogP) is 2.27. The van der Waals surface area contributed by atoms with E-state index < -0.39 is 18.0 Å². The van der Waals surface area contributed by atoms with E-state index in [4.69, 9.17) is 14.2 Å². The van der Waals surface area contributed by atoms with Crippen LogP contribution in [0.25, 0.3) is 0 Å². The molecule has 2 rings (SSSR count). The van der Waals surface area contributed by atoms with Crippen LogP contribution in [0, 0.1) is 0 Å². The lowest BCUT2D eigenvalue weighted by Gasteiger charge is -2.14. The number of benzene rings is 2. The van der Waals surface area contributed by atoms with E-state index in [2.05, 4.69) is 5.32 Å². The summed E-state index contributed by atoms with van der Waals surface area (Å²) in [5.74, 6) is -0.390. The van der Waals surface area contributed by atoms with Crippen molar-refractivity contribution in [2.45, 2.75) is 19.6 Å². The Bertz CT molecular complexity index is 772. The molecule has 0 aliphatic rings. The van der Waals surface area contributed by atoms with Gasteiger partial charge in [-0.25, -0.2) is 4.79 Å². The zero-order chi connectivity index (χ0) is 19.1. The van der Waals surface area contributed by atoms with Gasteiger partial charge in [-0.15, -0.1) is 0 Å². The standard InChI is InChI=1S/C19H21NO6/c1-12(18(22)20-11-13-4-6-14(24-2)7-5-13)26-19(23)16-10-15(25-3)8-9-17(16)21/h4-10,12,21H,11H2,1-3H3,(H,20,22). The van der Waals surface area contributed by atoms with E-state index in [1.165, 1.54) is 32.2 Å². The number of nitrogens with one attached hydrogen (secondary N) is 1. The maximum absolute atomic E-state index is 12.2. The van der Waals surface area contributed by atoms with E-state index in [0.29, 0.717) is 5.75 Å². The van der Waals surface area contributed by atoms with Gasteiger partial charge in [-0.3, -0.25) is 4.79 Å². The molecule has 1 atom stereocenters. The van der Waals surface area contributed by atoms with Crippen molar-refractivity contribution in [3.63, 3.8) is 0 Å². The molecule has 0 aliphatic heterocycles. The Hall–Kier alpha value is -3.22. The minimum absolute atomic E-state index is 0.0702. The molecule has 1 amide bonds. The summed E-state index contributed by atoms with van der Waals surface area (Å²) in [6, 6.07) is 11.4. The van der Waals surface area contributed by atoms with Crippen molar-refractivity contribution < 1.29 is 28.9 Å². The average molecular weight is 359 g/mol. The van der Waals surface area contributed by atoms with Crippen LogP contribution in [0.4, 0.5) is 0 Å². The van der Waals surface area contributed by atoms with Gasteiger partial charge in [0.25, 0.3) is 5.91 Å². The summed E-state index contributed by atoms with van der Waals surface area (Å²) in [4.78, 5) is 24.3. The highest BCUT2D eigenvalue weighted by molar-refractivity contribution is 5.95. The molecule has 0 bridgehead atoms. The van der Waals surface area contributed by atoms with Gasteiger partial charge in [0.1, 0.15) is 22.8 Å². The van der Waals surface area contributed by atoms with Crippen LogP contribution in [-0.4, -0.2) is 37.3 Å². The van der Waals surface area contributed by atoms with Gasteiger partial charge in [0.15, 0.2) is 6.10 Å². The van der Waals surface area contributed by atoms with Gasteiger partial charge in [-0.2, -0.15) is 0 Å². The van der Waals surface area contributed by atoms with E-state index in [-0.39, 0.29) is 17.9 Å². The molecule has 0 spiro atoms. The molecule has 0 radical (unpaired) electrons. The second-order valence-electron chi connectivity index (χ2n) is 5.50. The first-order valence-electron chi connectivity index (χ1n) is 7.93. The molecule has 1 unspecified atom stereocenters. The fourth-order valence-corrected chi connectivity index (χ4v) is 2.16. The third-order valence-corrected chi connectivity index (χ3v) is 3.70. The Morgan fingerprint density at radius 2 is 1.65 bits per heavy atom. The first-order chi connectivity index (χ1) is 12.4. The molecule has 0 fully saturated rings. The van der Waals surface area contributed by atoms with Gasteiger partial charge in [0.05, 0.1) is 14.2 Å². The molecule has 0 saturated carbocycles. The fourth-order valence-electron chi connectivity index (χ4n) is 2.16. The summed E-state index contributed by atoms with van der Waals surface area (Å²) in [5, 5.41) is 12.5. The van der Waals surface area contributed by atoms with Gasteiger partial charge in [-0.05, 0) is 42.8 Å². The molecule has 138 valence electrons. The van der Waals surface area contributed by atoms with Crippen LogP contribution in [0.3, 0.4) is 0 Å². The summed E-state index contributed by atoms with van der Waals surface area (Å²) in [5.41, 5.74) is 0.808. The summed E-state index contributed by atoms with van der Waals surface area (Å²) in [6.45, 7) is 1.74. The minimum Gasteiger partial charge on any atom is -0.507 e. The Morgan fingerprint density at radius 1 is 1.04 bits per heavy atom. The highest BCUT2D eigenvalue weighted by atomic mass is 16.5. The van der Waals surface area contributed by atoms with Crippen LogP contribution >= 0.6 is 0 Å². The van der Waals surface area contributed by atoms with Gasteiger partial charge >= 0.3 is 5.97 Å². The number of carbonyl (C=O) groups excluding carboxylic acids is 2. The smallest absolute Gasteiger partial charge is 0.342 e. The first-order valence-corrected chi connectivity index (χ1v) is 7.93. The molecule has 0 aromatic heterocycles. The number of ether oxygens (including phenoxy) is 3. The van der Waals surface area contributed by atoms with Gasteiger partial charge in [0.2, 0.25) is 0 Å². The molecule has 7 heteroatoms.